The Labute approximate surface area is 186 Å². The van der Waals surface area contributed by atoms with E-state index in [0.29, 0.717) is 35.5 Å². The summed E-state index contributed by atoms with van der Waals surface area (Å²) in [5, 5.41) is 13.5. The number of nitrogen functional groups attached to an aromatic ring is 1. The average Bonchev–Trinajstić information content (AvgIpc) is 3.02. The molecule has 8 heteroatoms. The van der Waals surface area contributed by atoms with E-state index in [-0.39, 0.29) is 18.6 Å². The minimum absolute atomic E-state index is 0.130. The van der Waals surface area contributed by atoms with Crippen LogP contribution in [0, 0.1) is 0 Å². The van der Waals surface area contributed by atoms with Gasteiger partial charge in [0.25, 0.3) is 5.56 Å². The smallest absolute Gasteiger partial charge is 0.309 e. The second-order valence-electron chi connectivity index (χ2n) is 9.84. The summed E-state index contributed by atoms with van der Waals surface area (Å²) in [5.74, 6) is -0.504. The van der Waals surface area contributed by atoms with E-state index in [1.807, 2.05) is 24.3 Å². The van der Waals surface area contributed by atoms with Crippen LogP contribution in [0.2, 0.25) is 19.6 Å². The van der Waals surface area contributed by atoms with Crippen molar-refractivity contribution in [3.8, 4) is 11.4 Å². The first-order chi connectivity index (χ1) is 15.0. The zero-order valence-corrected chi connectivity index (χ0v) is 19.8. The third-order valence-electron chi connectivity index (χ3n) is 6.75. The summed E-state index contributed by atoms with van der Waals surface area (Å²) < 4.78 is 6.96. The van der Waals surface area contributed by atoms with Crippen molar-refractivity contribution in [1.29, 1.82) is 0 Å². The molecule has 2 aliphatic heterocycles. The zero-order valence-electron chi connectivity index (χ0n) is 18.8. The number of fused-ring (bicyclic) bond motifs is 5. The Morgan fingerprint density at radius 3 is 2.69 bits per heavy atom. The van der Waals surface area contributed by atoms with Crippen LogP contribution in [0.4, 0.5) is 5.69 Å². The lowest BCUT2D eigenvalue weighted by molar-refractivity contribution is -0.149. The summed E-state index contributed by atoms with van der Waals surface area (Å²) in [7, 11) is -1.88. The van der Waals surface area contributed by atoms with Crippen LogP contribution >= 0.6 is 0 Å². The summed E-state index contributed by atoms with van der Waals surface area (Å²) in [6.07, 6.45) is 0.126. The quantitative estimate of drug-likeness (QED) is 0.277. The van der Waals surface area contributed by atoms with E-state index >= 15 is 0 Å². The van der Waals surface area contributed by atoms with Gasteiger partial charge in [0.15, 0.2) is 0 Å². The number of ether oxygens (including phenoxy) is 1. The summed E-state index contributed by atoms with van der Waals surface area (Å²) in [6, 6.07) is 7.58. The van der Waals surface area contributed by atoms with Gasteiger partial charge in [-0.1, -0.05) is 32.6 Å². The fourth-order valence-corrected chi connectivity index (χ4v) is 7.31. The first-order valence-corrected chi connectivity index (χ1v) is 14.4. The third-order valence-corrected chi connectivity index (χ3v) is 8.81. The molecule has 1 aromatic carbocycles. The molecule has 0 fully saturated rings. The molecule has 32 heavy (non-hydrogen) atoms. The van der Waals surface area contributed by atoms with Crippen LogP contribution in [-0.2, 0) is 28.3 Å². The van der Waals surface area contributed by atoms with Crippen molar-refractivity contribution in [3.63, 3.8) is 0 Å². The van der Waals surface area contributed by atoms with Crippen LogP contribution in [0.3, 0.4) is 0 Å². The van der Waals surface area contributed by atoms with Crippen molar-refractivity contribution < 1.29 is 14.6 Å². The van der Waals surface area contributed by atoms with Crippen LogP contribution in [0.1, 0.15) is 36.5 Å². The van der Waals surface area contributed by atoms with E-state index in [9.17, 15) is 14.7 Å². The molecular weight excluding hydrogens is 422 g/mol. The van der Waals surface area contributed by atoms with Crippen LogP contribution in [0.15, 0.2) is 29.1 Å². The molecule has 3 aromatic rings. The van der Waals surface area contributed by atoms with Gasteiger partial charge in [0.05, 0.1) is 43.5 Å². The van der Waals surface area contributed by atoms with E-state index in [1.165, 1.54) is 5.19 Å². The summed E-state index contributed by atoms with van der Waals surface area (Å²) >= 11 is 0. The van der Waals surface area contributed by atoms with Crippen LogP contribution in [0.25, 0.3) is 22.3 Å². The lowest BCUT2D eigenvalue weighted by Crippen LogP contribution is -2.41. The van der Waals surface area contributed by atoms with Gasteiger partial charge in [0, 0.05) is 11.1 Å². The summed E-state index contributed by atoms with van der Waals surface area (Å²) in [5.41, 5.74) is 9.50. The number of pyridine rings is 2. The maximum Gasteiger partial charge on any atom is 0.309 e. The normalized spacial score (nSPS) is 19.8. The van der Waals surface area contributed by atoms with E-state index in [0.717, 1.165) is 22.2 Å². The minimum atomic E-state index is -1.88. The van der Waals surface area contributed by atoms with Gasteiger partial charge in [-0.2, -0.15) is 0 Å². The number of carbonyl (C=O) groups excluding carboxylic acids is 1. The zero-order chi connectivity index (χ0) is 23.0. The number of aromatic nitrogens is 2. The molecule has 0 radical (unpaired) electrons. The fraction of sp³-hybridized carbons (Fsp3) is 0.375. The number of benzene rings is 1. The molecule has 0 aliphatic carbocycles. The number of carbonyl (C=O) groups is 1. The second-order valence-corrected chi connectivity index (χ2v) is 14.8. The Hall–Kier alpha value is -2.97. The van der Waals surface area contributed by atoms with Crippen molar-refractivity contribution in [3.05, 3.63) is 51.3 Å². The van der Waals surface area contributed by atoms with Gasteiger partial charge in [0.1, 0.15) is 12.2 Å². The fourth-order valence-electron chi connectivity index (χ4n) is 5.18. The third kappa shape index (κ3) is 2.86. The molecule has 2 aromatic heterocycles. The highest BCUT2D eigenvalue weighted by molar-refractivity contribution is 6.91. The number of hydrogen-bond acceptors (Lipinski definition) is 6. The van der Waals surface area contributed by atoms with Crippen molar-refractivity contribution in [2.75, 3.05) is 5.73 Å². The largest absolute Gasteiger partial charge is 0.460 e. The number of nitrogens with two attached hydrogens (primary N) is 1. The van der Waals surface area contributed by atoms with Gasteiger partial charge < -0.3 is 20.1 Å². The summed E-state index contributed by atoms with van der Waals surface area (Å²) in [4.78, 5) is 30.6. The Kier molecular flexibility index (Phi) is 4.42. The van der Waals surface area contributed by atoms with Gasteiger partial charge in [-0.3, -0.25) is 9.59 Å². The molecule has 0 bridgehead atoms. The molecular formula is C24H27N3O4Si. The topological polar surface area (TPSA) is 107 Å². The van der Waals surface area contributed by atoms with Crippen molar-refractivity contribution in [1.82, 2.24) is 9.55 Å². The maximum atomic E-state index is 13.6. The highest BCUT2D eigenvalue weighted by atomic mass is 28.3. The number of anilines is 1. The van der Waals surface area contributed by atoms with E-state index in [1.54, 1.807) is 11.5 Å². The van der Waals surface area contributed by atoms with Gasteiger partial charge in [0.2, 0.25) is 0 Å². The highest BCUT2D eigenvalue weighted by Gasteiger charge is 2.40. The molecule has 3 N–H and O–H groups in total. The monoisotopic (exact) mass is 449 g/mol. The molecule has 0 amide bonds. The molecule has 4 heterocycles. The number of cyclic esters (lactones) is 1. The predicted molar refractivity (Wildman–Crippen MR) is 127 cm³/mol. The van der Waals surface area contributed by atoms with E-state index in [2.05, 4.69) is 19.6 Å². The Bertz CT molecular complexity index is 1370. The molecule has 1 atom stereocenters. The standard InChI is InChI=1S/C24H27N3O4Si/c1-5-24(30)10-19(28)31-12-14-15(24)9-18-21-13(11-27(18)23(14)29)22(32(2,3)4)20-16(25)7-6-8-17(20)26-21/h6-9,30H,5,10-12,25H2,1-4H3/t24-/m1/s1. The van der Waals surface area contributed by atoms with Crippen molar-refractivity contribution in [2.24, 2.45) is 0 Å². The molecule has 166 valence electrons. The molecule has 2 aliphatic rings. The number of rotatable bonds is 2. The van der Waals surface area contributed by atoms with Gasteiger partial charge in [-0.15, -0.1) is 0 Å². The average molecular weight is 450 g/mol. The highest BCUT2D eigenvalue weighted by Crippen LogP contribution is 2.39. The molecule has 0 unspecified atom stereocenters. The van der Waals surface area contributed by atoms with Gasteiger partial charge >= 0.3 is 5.97 Å². The van der Waals surface area contributed by atoms with Crippen LogP contribution < -0.4 is 16.5 Å². The van der Waals surface area contributed by atoms with E-state index < -0.39 is 19.6 Å². The van der Waals surface area contributed by atoms with Gasteiger partial charge in [-0.25, -0.2) is 4.98 Å². The molecule has 0 saturated heterocycles. The Morgan fingerprint density at radius 2 is 2.00 bits per heavy atom. The van der Waals surface area contributed by atoms with Gasteiger partial charge in [-0.05, 0) is 40.9 Å². The molecule has 0 saturated carbocycles. The number of hydrogen-bond donors (Lipinski definition) is 2. The van der Waals surface area contributed by atoms with Crippen LogP contribution in [0.5, 0.6) is 0 Å². The lowest BCUT2D eigenvalue weighted by atomic mass is 9.85. The molecule has 5 rings (SSSR count). The first kappa shape index (κ1) is 20.9. The number of aliphatic hydroxyl groups is 1. The first-order valence-electron chi connectivity index (χ1n) is 10.9. The number of nitrogens with zero attached hydrogens (tertiary/aromatic N) is 2. The van der Waals surface area contributed by atoms with Crippen LogP contribution in [-0.4, -0.2) is 28.7 Å². The Balaban J connectivity index is 1.87. The van der Waals surface area contributed by atoms with E-state index in [4.69, 9.17) is 15.5 Å². The predicted octanol–water partition coefficient (Wildman–Crippen LogP) is 2.60. The number of esters is 1. The minimum Gasteiger partial charge on any atom is -0.460 e. The molecule has 0 spiro atoms. The lowest BCUT2D eigenvalue weighted by Gasteiger charge is -2.26. The maximum absolute atomic E-state index is 13.6. The summed E-state index contributed by atoms with van der Waals surface area (Å²) in [6.45, 7) is 8.88. The second kappa shape index (κ2) is 6.76. The van der Waals surface area contributed by atoms with Crippen molar-refractivity contribution >= 4 is 35.8 Å². The molecule has 7 nitrogen and oxygen atoms in total. The Morgan fingerprint density at radius 1 is 1.25 bits per heavy atom. The van der Waals surface area contributed by atoms with Crippen molar-refractivity contribution in [2.45, 2.75) is 58.2 Å². The SMILES string of the molecule is CC[C@@]1(O)CC(=O)OCc2c1cc1n(c2=O)Cc2c-1nc1cccc(N)c1c2[Si](C)(C)C.